The molecule has 42 heavy (non-hydrogen) atoms. The number of furan rings is 1. The van der Waals surface area contributed by atoms with Gasteiger partial charge in [-0.2, -0.15) is 4.31 Å². The van der Waals surface area contributed by atoms with Crippen molar-refractivity contribution >= 4 is 60.1 Å². The number of ether oxygens (including phenoxy) is 1. The first-order valence-electron chi connectivity index (χ1n) is 13.5. The fourth-order valence-corrected chi connectivity index (χ4v) is 6.74. The van der Waals surface area contributed by atoms with Crippen LogP contribution < -0.4 is 5.32 Å². The summed E-state index contributed by atoms with van der Waals surface area (Å²) in [6.07, 6.45) is 0.751. The molecule has 9 nitrogen and oxygen atoms in total. The summed E-state index contributed by atoms with van der Waals surface area (Å²) in [5, 5.41) is 3.71. The molecule has 1 aliphatic heterocycles. The molecule has 1 saturated heterocycles. The molecule has 218 valence electrons. The van der Waals surface area contributed by atoms with Gasteiger partial charge in [-0.05, 0) is 68.3 Å². The van der Waals surface area contributed by atoms with Gasteiger partial charge in [-0.15, -0.1) is 0 Å². The van der Waals surface area contributed by atoms with Crippen LogP contribution >= 0.6 is 15.9 Å². The van der Waals surface area contributed by atoms with Crippen LogP contribution in [0.4, 0.5) is 5.69 Å². The number of esters is 1. The van der Waals surface area contributed by atoms with Crippen molar-refractivity contribution < 1.29 is 32.0 Å². The van der Waals surface area contributed by atoms with Crippen molar-refractivity contribution in [2.75, 3.05) is 31.6 Å². The minimum atomic E-state index is -3.87. The predicted octanol–water partition coefficient (Wildman–Crippen LogP) is 5.68. The lowest BCUT2D eigenvalue weighted by molar-refractivity contribution is -0.149. The third-order valence-electron chi connectivity index (χ3n) is 7.20. The van der Waals surface area contributed by atoms with Gasteiger partial charge in [0.25, 0.3) is 0 Å². The summed E-state index contributed by atoms with van der Waals surface area (Å²) >= 11 is 3.37. The molecule has 0 spiro atoms. The monoisotopic (exact) mass is 652 g/mol. The fourth-order valence-electron chi connectivity index (χ4n) is 4.95. The Morgan fingerprint density at radius 2 is 1.69 bits per heavy atom. The summed E-state index contributed by atoms with van der Waals surface area (Å²) in [6.45, 7) is 2.20. The van der Waals surface area contributed by atoms with Gasteiger partial charge in [0.05, 0.1) is 29.7 Å². The Balaban J connectivity index is 1.33. The largest absolute Gasteiger partial charge is 0.466 e. The summed E-state index contributed by atoms with van der Waals surface area (Å²) < 4.78 is 39.9. The van der Waals surface area contributed by atoms with Gasteiger partial charge in [0.15, 0.2) is 11.5 Å². The molecule has 3 aromatic carbocycles. The van der Waals surface area contributed by atoms with Crippen LogP contribution in [-0.2, 0) is 19.6 Å². The fraction of sp³-hybridized carbons (Fsp3) is 0.258. The molecule has 1 aliphatic rings. The molecule has 4 aromatic rings. The number of Topliss-reactive ketones (excluding diaryl/α,β-unsaturated/α-hetero) is 1. The summed E-state index contributed by atoms with van der Waals surface area (Å²) in [5.41, 5.74) is 1.52. The number of carbonyl (C=O) groups excluding carboxylic acids is 3. The van der Waals surface area contributed by atoms with Gasteiger partial charge >= 0.3 is 5.97 Å². The summed E-state index contributed by atoms with van der Waals surface area (Å²) in [5.74, 6) is -1.25. The van der Waals surface area contributed by atoms with E-state index in [1.807, 2.05) is 6.07 Å². The van der Waals surface area contributed by atoms with Crippen molar-refractivity contribution in [2.24, 2.45) is 5.92 Å². The average molecular weight is 654 g/mol. The number of halogens is 1. The second-order valence-corrected chi connectivity index (χ2v) is 12.7. The zero-order valence-electron chi connectivity index (χ0n) is 22.8. The van der Waals surface area contributed by atoms with Crippen molar-refractivity contribution in [2.45, 2.75) is 24.7 Å². The van der Waals surface area contributed by atoms with Crippen LogP contribution in [0.3, 0.4) is 0 Å². The number of nitrogens with one attached hydrogen (secondary N) is 1. The second-order valence-electron chi connectivity index (χ2n) is 9.87. The van der Waals surface area contributed by atoms with E-state index in [-0.39, 0.29) is 65.9 Å². The Morgan fingerprint density at radius 1 is 0.976 bits per heavy atom. The van der Waals surface area contributed by atoms with E-state index < -0.39 is 10.0 Å². The summed E-state index contributed by atoms with van der Waals surface area (Å²) in [7, 11) is -3.87. The van der Waals surface area contributed by atoms with Crippen LogP contribution in [0.15, 0.2) is 86.6 Å². The van der Waals surface area contributed by atoms with Gasteiger partial charge in [-0.1, -0.05) is 40.2 Å². The van der Waals surface area contributed by atoms with Gasteiger partial charge in [-0.25, -0.2) is 8.42 Å². The molecule has 0 atom stereocenters. The SMILES string of the molecule is CCOC(=O)C1CCN(S(=O)(=O)c2cccc(C(=O)CNc3c(C(=O)c4ccc(Br)cc4)oc4ccccc34)c2)CC1. The molecule has 0 radical (unpaired) electrons. The minimum Gasteiger partial charge on any atom is -0.466 e. The zero-order valence-corrected chi connectivity index (χ0v) is 25.2. The molecule has 2 heterocycles. The second kappa shape index (κ2) is 12.6. The highest BCUT2D eigenvalue weighted by molar-refractivity contribution is 9.10. The number of fused-ring (bicyclic) bond motifs is 1. The first kappa shape index (κ1) is 29.7. The Morgan fingerprint density at radius 3 is 2.40 bits per heavy atom. The molecule has 11 heteroatoms. The molecule has 1 fully saturated rings. The Kier molecular flexibility index (Phi) is 8.91. The molecule has 5 rings (SSSR count). The molecule has 1 N–H and O–H groups in total. The number of rotatable bonds is 10. The van der Waals surface area contributed by atoms with E-state index in [0.717, 1.165) is 4.47 Å². The Labute approximate surface area is 252 Å². The highest BCUT2D eigenvalue weighted by atomic mass is 79.9. The average Bonchev–Trinajstić information content (AvgIpc) is 3.38. The number of benzene rings is 3. The quantitative estimate of drug-likeness (QED) is 0.171. The lowest BCUT2D eigenvalue weighted by atomic mass is 9.98. The molecular weight excluding hydrogens is 624 g/mol. The molecule has 0 unspecified atom stereocenters. The number of carbonyl (C=O) groups is 3. The Hall–Kier alpha value is -3.80. The molecule has 1 aromatic heterocycles. The predicted molar refractivity (Wildman–Crippen MR) is 161 cm³/mol. The van der Waals surface area contributed by atoms with E-state index >= 15 is 0 Å². The van der Waals surface area contributed by atoms with E-state index in [4.69, 9.17) is 9.15 Å². The van der Waals surface area contributed by atoms with Crippen LogP contribution in [-0.4, -0.2) is 56.5 Å². The van der Waals surface area contributed by atoms with Gasteiger partial charge < -0.3 is 14.5 Å². The minimum absolute atomic E-state index is 0.00259. The standard InChI is InChI=1S/C31H29BrN2O7S/c1-2-40-31(37)21-14-16-34(17-15-21)42(38,39)24-7-5-6-22(18-24)26(35)19-33-28-25-8-3-4-9-27(25)41-30(28)29(36)20-10-12-23(32)13-11-20/h3-13,18,21,33H,2,14-17,19H2,1H3. The molecular formula is C31H29BrN2O7S. The number of ketones is 2. The maximum Gasteiger partial charge on any atom is 0.309 e. The Bertz CT molecular complexity index is 1740. The number of anilines is 1. The molecule has 0 aliphatic carbocycles. The van der Waals surface area contributed by atoms with Crippen molar-refractivity contribution in [3.8, 4) is 0 Å². The molecule has 0 amide bonds. The van der Waals surface area contributed by atoms with Gasteiger partial charge in [0.1, 0.15) is 5.58 Å². The summed E-state index contributed by atoms with van der Waals surface area (Å²) in [4.78, 5) is 38.6. The highest BCUT2D eigenvalue weighted by Crippen LogP contribution is 2.33. The van der Waals surface area contributed by atoms with Crippen LogP contribution in [0, 0.1) is 5.92 Å². The van der Waals surface area contributed by atoms with Crippen molar-refractivity contribution in [3.05, 3.63) is 94.2 Å². The van der Waals surface area contributed by atoms with Gasteiger partial charge in [0.2, 0.25) is 15.8 Å². The normalized spacial score (nSPS) is 14.5. The van der Waals surface area contributed by atoms with Crippen molar-refractivity contribution in [1.82, 2.24) is 4.31 Å². The van der Waals surface area contributed by atoms with Gasteiger partial charge in [-0.3, -0.25) is 14.4 Å². The third-order valence-corrected chi connectivity index (χ3v) is 9.62. The van der Waals surface area contributed by atoms with Crippen LogP contribution in [0.5, 0.6) is 0 Å². The third kappa shape index (κ3) is 6.18. The number of nitrogens with zero attached hydrogens (tertiary/aromatic N) is 1. The van der Waals surface area contributed by atoms with Crippen LogP contribution in [0.2, 0.25) is 0 Å². The number of sulfonamides is 1. The van der Waals surface area contributed by atoms with E-state index in [0.29, 0.717) is 35.1 Å². The van der Waals surface area contributed by atoms with Crippen molar-refractivity contribution in [3.63, 3.8) is 0 Å². The molecule has 0 bridgehead atoms. The van der Waals surface area contributed by atoms with Gasteiger partial charge in [0, 0.05) is 34.1 Å². The number of para-hydroxylation sites is 1. The molecule has 0 saturated carbocycles. The first-order chi connectivity index (χ1) is 20.2. The number of hydrogen-bond donors (Lipinski definition) is 1. The number of piperidine rings is 1. The first-order valence-corrected chi connectivity index (χ1v) is 15.8. The summed E-state index contributed by atoms with van der Waals surface area (Å²) in [6, 6.07) is 19.9. The highest BCUT2D eigenvalue weighted by Gasteiger charge is 2.33. The lowest BCUT2D eigenvalue weighted by Crippen LogP contribution is -2.40. The van der Waals surface area contributed by atoms with Crippen molar-refractivity contribution in [1.29, 1.82) is 0 Å². The lowest BCUT2D eigenvalue weighted by Gasteiger charge is -2.30. The zero-order chi connectivity index (χ0) is 29.9. The van der Waals surface area contributed by atoms with E-state index in [2.05, 4.69) is 21.2 Å². The topological polar surface area (TPSA) is 123 Å². The maximum atomic E-state index is 13.4. The van der Waals surface area contributed by atoms with E-state index in [1.165, 1.54) is 22.5 Å². The van der Waals surface area contributed by atoms with E-state index in [9.17, 15) is 22.8 Å². The smallest absolute Gasteiger partial charge is 0.309 e. The number of hydrogen-bond acceptors (Lipinski definition) is 8. The maximum absolute atomic E-state index is 13.4. The van der Waals surface area contributed by atoms with E-state index in [1.54, 1.807) is 55.5 Å². The van der Waals surface area contributed by atoms with Crippen LogP contribution in [0.1, 0.15) is 46.2 Å². The van der Waals surface area contributed by atoms with Crippen LogP contribution in [0.25, 0.3) is 11.0 Å².